The fourth-order valence-corrected chi connectivity index (χ4v) is 2.15. The number of nitrogens with two attached hydrogens (primary N) is 1. The number of pyridine rings is 1. The number of anilines is 1. The standard InChI is InChI=1S/C10H10ClN3OS/c1-5-14-8(4-16-5)9(15)7-2-6(11)3-13-10(7)12/h2-4,9,15H,1H3,(H2,12,13). The van der Waals surface area contributed by atoms with Crippen LogP contribution < -0.4 is 5.73 Å². The molecule has 0 aliphatic rings. The molecule has 0 spiro atoms. The monoisotopic (exact) mass is 255 g/mol. The maximum atomic E-state index is 10.1. The number of nitrogens with zero attached hydrogens (tertiary/aromatic N) is 2. The van der Waals surface area contributed by atoms with Crippen LogP contribution in [0.4, 0.5) is 5.82 Å². The Morgan fingerprint density at radius 3 is 2.94 bits per heavy atom. The average molecular weight is 256 g/mol. The minimum atomic E-state index is -0.879. The summed E-state index contributed by atoms with van der Waals surface area (Å²) in [5, 5.41) is 13.2. The van der Waals surface area contributed by atoms with Gasteiger partial charge in [0.2, 0.25) is 0 Å². The Labute approximate surface area is 102 Å². The van der Waals surface area contributed by atoms with Crippen molar-refractivity contribution in [2.75, 3.05) is 5.73 Å². The summed E-state index contributed by atoms with van der Waals surface area (Å²) in [7, 11) is 0. The van der Waals surface area contributed by atoms with Gasteiger partial charge in [-0.25, -0.2) is 9.97 Å². The molecule has 0 fully saturated rings. The molecular formula is C10H10ClN3OS. The maximum absolute atomic E-state index is 10.1. The van der Waals surface area contributed by atoms with Crippen LogP contribution in [0.5, 0.6) is 0 Å². The van der Waals surface area contributed by atoms with Crippen molar-refractivity contribution in [2.24, 2.45) is 0 Å². The van der Waals surface area contributed by atoms with Crippen molar-refractivity contribution in [1.82, 2.24) is 9.97 Å². The van der Waals surface area contributed by atoms with Gasteiger partial charge in [-0.1, -0.05) is 11.6 Å². The number of hydrogen-bond acceptors (Lipinski definition) is 5. The molecule has 3 N–H and O–H groups in total. The summed E-state index contributed by atoms with van der Waals surface area (Å²) in [5.74, 6) is 0.266. The minimum absolute atomic E-state index is 0.266. The topological polar surface area (TPSA) is 72.0 Å². The Morgan fingerprint density at radius 1 is 1.56 bits per heavy atom. The highest BCUT2D eigenvalue weighted by Crippen LogP contribution is 2.28. The van der Waals surface area contributed by atoms with Gasteiger partial charge < -0.3 is 10.8 Å². The molecule has 2 aromatic rings. The lowest BCUT2D eigenvalue weighted by atomic mass is 10.1. The fraction of sp³-hybridized carbons (Fsp3) is 0.200. The van der Waals surface area contributed by atoms with Crippen molar-refractivity contribution in [2.45, 2.75) is 13.0 Å². The SMILES string of the molecule is Cc1nc(C(O)c2cc(Cl)cnc2N)cs1. The van der Waals surface area contributed by atoms with Gasteiger partial charge in [-0.2, -0.15) is 0 Å². The summed E-state index contributed by atoms with van der Waals surface area (Å²) in [6.45, 7) is 1.88. The van der Waals surface area contributed by atoms with E-state index in [4.69, 9.17) is 17.3 Å². The summed E-state index contributed by atoms with van der Waals surface area (Å²) in [5.41, 5.74) is 6.73. The number of hydrogen-bond donors (Lipinski definition) is 2. The Balaban J connectivity index is 2.40. The smallest absolute Gasteiger partial charge is 0.129 e. The van der Waals surface area contributed by atoms with Gasteiger partial charge in [0.25, 0.3) is 0 Å². The first-order valence-corrected chi connectivity index (χ1v) is 5.84. The van der Waals surface area contributed by atoms with E-state index in [0.29, 0.717) is 16.3 Å². The van der Waals surface area contributed by atoms with E-state index in [0.717, 1.165) is 5.01 Å². The molecule has 0 radical (unpaired) electrons. The molecule has 0 bridgehead atoms. The Kier molecular flexibility index (Phi) is 3.09. The lowest BCUT2D eigenvalue weighted by Crippen LogP contribution is -2.05. The third-order valence-corrected chi connectivity index (χ3v) is 3.13. The van der Waals surface area contributed by atoms with Crippen LogP contribution in [0.25, 0.3) is 0 Å². The second-order valence-electron chi connectivity index (χ2n) is 3.32. The first-order valence-electron chi connectivity index (χ1n) is 4.59. The lowest BCUT2D eigenvalue weighted by molar-refractivity contribution is 0.216. The molecule has 1 atom stereocenters. The predicted molar refractivity (Wildman–Crippen MR) is 64.6 cm³/mol. The van der Waals surface area contributed by atoms with Crippen molar-refractivity contribution < 1.29 is 5.11 Å². The highest BCUT2D eigenvalue weighted by Gasteiger charge is 2.17. The molecule has 0 aromatic carbocycles. The molecule has 16 heavy (non-hydrogen) atoms. The molecule has 1 unspecified atom stereocenters. The summed E-state index contributed by atoms with van der Waals surface area (Å²) >= 11 is 7.28. The van der Waals surface area contributed by atoms with Gasteiger partial charge in [0.05, 0.1) is 15.7 Å². The van der Waals surface area contributed by atoms with E-state index >= 15 is 0 Å². The number of aromatic nitrogens is 2. The molecule has 2 rings (SSSR count). The number of halogens is 1. The van der Waals surface area contributed by atoms with Gasteiger partial charge in [0, 0.05) is 17.1 Å². The van der Waals surface area contributed by atoms with Crippen molar-refractivity contribution >= 4 is 28.8 Å². The third-order valence-electron chi connectivity index (χ3n) is 2.13. The van der Waals surface area contributed by atoms with Gasteiger partial charge in [0.1, 0.15) is 11.9 Å². The normalized spacial score (nSPS) is 12.7. The molecule has 0 aliphatic carbocycles. The van der Waals surface area contributed by atoms with Crippen molar-refractivity contribution in [3.05, 3.63) is 38.9 Å². The van der Waals surface area contributed by atoms with Gasteiger partial charge in [-0.15, -0.1) is 11.3 Å². The summed E-state index contributed by atoms with van der Waals surface area (Å²) in [4.78, 5) is 8.09. The van der Waals surface area contributed by atoms with Crippen LogP contribution in [0.2, 0.25) is 5.02 Å². The largest absolute Gasteiger partial charge is 0.383 e. The van der Waals surface area contributed by atoms with Crippen LogP contribution in [0.1, 0.15) is 22.4 Å². The van der Waals surface area contributed by atoms with E-state index in [-0.39, 0.29) is 5.82 Å². The molecule has 0 saturated heterocycles. The predicted octanol–water partition coefficient (Wildman–Crippen LogP) is 2.16. The number of aliphatic hydroxyl groups is 1. The molecule has 84 valence electrons. The quantitative estimate of drug-likeness (QED) is 0.863. The van der Waals surface area contributed by atoms with Crippen LogP contribution in [0, 0.1) is 6.92 Å². The van der Waals surface area contributed by atoms with E-state index < -0.39 is 6.10 Å². The van der Waals surface area contributed by atoms with Crippen molar-refractivity contribution in [3.8, 4) is 0 Å². The molecular weight excluding hydrogens is 246 g/mol. The van der Waals surface area contributed by atoms with Crippen molar-refractivity contribution in [3.63, 3.8) is 0 Å². The third kappa shape index (κ3) is 2.16. The van der Waals surface area contributed by atoms with Crippen LogP contribution in [-0.2, 0) is 0 Å². The zero-order valence-electron chi connectivity index (χ0n) is 8.51. The van der Waals surface area contributed by atoms with E-state index in [9.17, 15) is 5.11 Å². The van der Waals surface area contributed by atoms with Crippen LogP contribution in [0.3, 0.4) is 0 Å². The van der Waals surface area contributed by atoms with Gasteiger partial charge in [-0.3, -0.25) is 0 Å². The van der Waals surface area contributed by atoms with Crippen LogP contribution in [0.15, 0.2) is 17.6 Å². The zero-order chi connectivity index (χ0) is 11.7. The van der Waals surface area contributed by atoms with E-state index in [1.54, 1.807) is 11.4 Å². The highest BCUT2D eigenvalue weighted by atomic mass is 35.5. The Hall–Kier alpha value is -1.17. The van der Waals surface area contributed by atoms with Crippen LogP contribution in [-0.4, -0.2) is 15.1 Å². The number of aryl methyl sites for hydroxylation is 1. The number of nitrogen functional groups attached to an aromatic ring is 1. The second-order valence-corrected chi connectivity index (χ2v) is 4.82. The van der Waals surface area contributed by atoms with E-state index in [1.165, 1.54) is 17.5 Å². The Bertz CT molecular complexity index is 515. The second kappa shape index (κ2) is 4.37. The van der Waals surface area contributed by atoms with Gasteiger partial charge >= 0.3 is 0 Å². The highest BCUT2D eigenvalue weighted by molar-refractivity contribution is 7.09. The number of rotatable bonds is 2. The van der Waals surface area contributed by atoms with Gasteiger partial charge in [-0.05, 0) is 13.0 Å². The first-order chi connectivity index (χ1) is 7.58. The van der Waals surface area contributed by atoms with E-state index in [2.05, 4.69) is 9.97 Å². The lowest BCUT2D eigenvalue weighted by Gasteiger charge is -2.10. The summed E-state index contributed by atoms with van der Waals surface area (Å²) in [6, 6.07) is 1.60. The summed E-state index contributed by atoms with van der Waals surface area (Å²) < 4.78 is 0. The fourth-order valence-electron chi connectivity index (χ4n) is 1.35. The van der Waals surface area contributed by atoms with Crippen molar-refractivity contribution in [1.29, 1.82) is 0 Å². The van der Waals surface area contributed by atoms with E-state index in [1.807, 2.05) is 6.92 Å². The molecule has 2 heterocycles. The number of thiazole rings is 1. The molecule has 4 nitrogen and oxygen atoms in total. The molecule has 0 amide bonds. The van der Waals surface area contributed by atoms with Gasteiger partial charge in [0.15, 0.2) is 0 Å². The molecule has 0 aliphatic heterocycles. The Morgan fingerprint density at radius 2 is 2.31 bits per heavy atom. The van der Waals surface area contributed by atoms with Crippen LogP contribution >= 0.6 is 22.9 Å². The minimum Gasteiger partial charge on any atom is -0.383 e. The average Bonchev–Trinajstić information content (AvgIpc) is 2.67. The molecule has 0 saturated carbocycles. The summed E-state index contributed by atoms with van der Waals surface area (Å²) in [6.07, 6.45) is 0.565. The number of aliphatic hydroxyl groups excluding tert-OH is 1. The zero-order valence-corrected chi connectivity index (χ0v) is 10.1. The molecule has 6 heteroatoms. The first kappa shape index (κ1) is 11.3. The maximum Gasteiger partial charge on any atom is 0.129 e. The molecule has 2 aromatic heterocycles.